The second-order valence-electron chi connectivity index (χ2n) is 5.86. The van der Waals surface area contributed by atoms with Gasteiger partial charge in [-0.2, -0.15) is 0 Å². The van der Waals surface area contributed by atoms with Crippen molar-refractivity contribution in [2.45, 2.75) is 32.5 Å². The lowest BCUT2D eigenvalue weighted by Crippen LogP contribution is -2.18. The Bertz CT molecular complexity index is 792. The summed E-state index contributed by atoms with van der Waals surface area (Å²) in [5, 5.41) is 0. The Morgan fingerprint density at radius 2 is 2.16 bits per heavy atom. The monoisotopic (exact) mass is 366 g/mol. The van der Waals surface area contributed by atoms with Crippen molar-refractivity contribution < 1.29 is 17.9 Å². The number of pyridine rings is 1. The predicted octanol–water partition coefficient (Wildman–Crippen LogP) is 4.92. The van der Waals surface area contributed by atoms with E-state index in [0.717, 1.165) is 42.6 Å². The Labute approximate surface area is 149 Å². The molecule has 1 aliphatic heterocycles. The van der Waals surface area contributed by atoms with Crippen molar-refractivity contribution in [2.75, 3.05) is 11.4 Å². The number of hydrogen-bond acceptors (Lipinski definition) is 3. The number of thiocarbonyl (C=S) groups is 1. The van der Waals surface area contributed by atoms with Crippen LogP contribution in [0.4, 0.5) is 18.9 Å². The van der Waals surface area contributed by atoms with E-state index in [1.165, 1.54) is 18.5 Å². The molecule has 0 amide bonds. The van der Waals surface area contributed by atoms with Gasteiger partial charge in [0.05, 0.1) is 5.49 Å². The van der Waals surface area contributed by atoms with E-state index in [0.29, 0.717) is 11.1 Å². The lowest BCUT2D eigenvalue weighted by Gasteiger charge is -2.19. The van der Waals surface area contributed by atoms with Crippen LogP contribution in [0.25, 0.3) is 11.1 Å². The predicted molar refractivity (Wildman–Crippen MR) is 95.1 cm³/mol. The molecule has 25 heavy (non-hydrogen) atoms. The molecule has 0 bridgehead atoms. The summed E-state index contributed by atoms with van der Waals surface area (Å²) in [5.41, 5.74) is 5.90. The van der Waals surface area contributed by atoms with Crippen molar-refractivity contribution in [1.29, 1.82) is 0 Å². The first-order valence-electron chi connectivity index (χ1n) is 8.00. The summed E-state index contributed by atoms with van der Waals surface area (Å²) in [6.07, 6.45) is 0.519. The number of alkyl halides is 3. The third-order valence-corrected chi connectivity index (χ3v) is 4.40. The molecule has 1 aromatic heterocycles. The van der Waals surface area contributed by atoms with Crippen LogP contribution in [0.5, 0.6) is 5.75 Å². The summed E-state index contributed by atoms with van der Waals surface area (Å²) < 4.78 is 42.2. The highest BCUT2D eigenvalue weighted by Gasteiger charge is 2.32. The summed E-state index contributed by atoms with van der Waals surface area (Å²) in [7, 11) is 0. The smallest absolute Gasteiger partial charge is 0.405 e. The molecule has 1 aliphatic rings. The Morgan fingerprint density at radius 3 is 2.84 bits per heavy atom. The van der Waals surface area contributed by atoms with Gasteiger partial charge in [-0.15, -0.1) is 13.2 Å². The van der Waals surface area contributed by atoms with Gasteiger partial charge in [0.2, 0.25) is 0 Å². The van der Waals surface area contributed by atoms with Gasteiger partial charge in [-0.3, -0.25) is 4.98 Å². The van der Waals surface area contributed by atoms with E-state index >= 15 is 0 Å². The Kier molecular flexibility index (Phi) is 4.94. The number of aryl methyl sites for hydroxylation is 1. The maximum Gasteiger partial charge on any atom is 0.573 e. The zero-order valence-electron chi connectivity index (χ0n) is 13.6. The fourth-order valence-electron chi connectivity index (χ4n) is 3.21. The van der Waals surface area contributed by atoms with Gasteiger partial charge in [0.1, 0.15) is 5.75 Å². The lowest BCUT2D eigenvalue weighted by molar-refractivity contribution is -0.274. The number of aromatic nitrogens is 1. The molecule has 7 heteroatoms. The van der Waals surface area contributed by atoms with E-state index in [-0.39, 0.29) is 5.75 Å². The first-order valence-corrected chi connectivity index (χ1v) is 8.48. The summed E-state index contributed by atoms with van der Waals surface area (Å²) >= 11 is 5.08. The van der Waals surface area contributed by atoms with E-state index in [2.05, 4.69) is 16.6 Å². The van der Waals surface area contributed by atoms with Gasteiger partial charge in [-0.1, -0.05) is 25.6 Å². The SMILES string of the molecule is CCCc1cc(-c2cnccc2OC(F)(F)F)cc2c1N(C=S)CC2. The Morgan fingerprint density at radius 1 is 1.36 bits per heavy atom. The minimum Gasteiger partial charge on any atom is -0.405 e. The molecule has 2 heterocycles. The average molecular weight is 366 g/mol. The van der Waals surface area contributed by atoms with Crippen molar-refractivity contribution in [2.24, 2.45) is 0 Å². The Balaban J connectivity index is 2.11. The molecule has 3 rings (SSSR count). The molecular formula is C18H17F3N2OS. The maximum absolute atomic E-state index is 12.7. The number of anilines is 1. The number of halogens is 3. The summed E-state index contributed by atoms with van der Waals surface area (Å²) in [4.78, 5) is 6.00. The first-order chi connectivity index (χ1) is 11.9. The standard InChI is InChI=1S/C18H17F3N2OS/c1-2-3-12-8-14(9-13-5-7-23(11-25)17(12)13)15-10-22-6-4-16(15)24-18(19,20)21/h4,6,8-11H,2-3,5,7H2,1H3. The van der Waals surface area contributed by atoms with Crippen molar-refractivity contribution in [3.63, 3.8) is 0 Å². The maximum atomic E-state index is 12.7. The Hall–Kier alpha value is -2.15. The molecule has 0 spiro atoms. The second-order valence-corrected chi connectivity index (χ2v) is 6.07. The minimum atomic E-state index is -4.74. The highest BCUT2D eigenvalue weighted by molar-refractivity contribution is 7.79. The van der Waals surface area contributed by atoms with Gasteiger partial charge in [0.15, 0.2) is 0 Å². The number of fused-ring (bicyclic) bond motifs is 1. The number of nitrogens with zero attached hydrogens (tertiary/aromatic N) is 2. The van der Waals surface area contributed by atoms with Gasteiger partial charge in [-0.25, -0.2) is 0 Å². The van der Waals surface area contributed by atoms with Crippen molar-refractivity contribution in [3.05, 3.63) is 41.7 Å². The van der Waals surface area contributed by atoms with Crippen molar-refractivity contribution >= 4 is 23.4 Å². The van der Waals surface area contributed by atoms with Gasteiger partial charge in [-0.05, 0) is 47.7 Å². The van der Waals surface area contributed by atoms with Crippen LogP contribution >= 0.6 is 12.2 Å². The fourth-order valence-corrected chi connectivity index (χ4v) is 3.42. The zero-order chi connectivity index (χ0) is 18.0. The number of benzene rings is 1. The molecule has 2 aromatic rings. The van der Waals surface area contributed by atoms with Crippen LogP contribution in [0.2, 0.25) is 0 Å². The van der Waals surface area contributed by atoms with Crippen LogP contribution in [0.3, 0.4) is 0 Å². The highest BCUT2D eigenvalue weighted by atomic mass is 32.1. The molecule has 0 unspecified atom stereocenters. The van der Waals surface area contributed by atoms with Crippen LogP contribution in [0, 0.1) is 0 Å². The van der Waals surface area contributed by atoms with E-state index in [1.807, 2.05) is 17.0 Å². The van der Waals surface area contributed by atoms with E-state index in [4.69, 9.17) is 12.2 Å². The van der Waals surface area contributed by atoms with Crippen molar-refractivity contribution in [3.8, 4) is 16.9 Å². The molecule has 0 atom stereocenters. The average Bonchev–Trinajstić information content (AvgIpc) is 2.97. The van der Waals surface area contributed by atoms with Gasteiger partial charge in [0.25, 0.3) is 0 Å². The van der Waals surface area contributed by atoms with Gasteiger partial charge in [0, 0.05) is 30.2 Å². The zero-order valence-corrected chi connectivity index (χ0v) is 14.5. The summed E-state index contributed by atoms with van der Waals surface area (Å²) in [6.45, 7) is 2.86. The number of ether oxygens (including phenoxy) is 1. The molecule has 3 nitrogen and oxygen atoms in total. The van der Waals surface area contributed by atoms with Crippen LogP contribution in [0.15, 0.2) is 30.6 Å². The number of rotatable bonds is 5. The highest BCUT2D eigenvalue weighted by Crippen LogP contribution is 2.39. The minimum absolute atomic E-state index is 0.241. The van der Waals surface area contributed by atoms with Crippen LogP contribution in [-0.4, -0.2) is 23.4 Å². The normalized spacial score (nSPS) is 13.7. The second kappa shape index (κ2) is 7.00. The number of hydrogen-bond donors (Lipinski definition) is 0. The fraction of sp³-hybridized carbons (Fsp3) is 0.333. The quantitative estimate of drug-likeness (QED) is 0.702. The third kappa shape index (κ3) is 3.76. The van der Waals surface area contributed by atoms with Gasteiger partial charge >= 0.3 is 6.36 Å². The van der Waals surface area contributed by atoms with Crippen LogP contribution in [-0.2, 0) is 12.8 Å². The molecule has 1 aromatic carbocycles. The van der Waals surface area contributed by atoms with E-state index in [1.54, 1.807) is 5.49 Å². The third-order valence-electron chi connectivity index (χ3n) is 4.14. The lowest BCUT2D eigenvalue weighted by atomic mass is 9.96. The molecule has 0 N–H and O–H groups in total. The summed E-state index contributed by atoms with van der Waals surface area (Å²) in [6, 6.07) is 5.06. The topological polar surface area (TPSA) is 25.4 Å². The largest absolute Gasteiger partial charge is 0.573 e. The molecule has 0 saturated carbocycles. The summed E-state index contributed by atoms with van der Waals surface area (Å²) in [5.74, 6) is -0.241. The van der Waals surface area contributed by atoms with Crippen molar-refractivity contribution in [1.82, 2.24) is 4.98 Å². The molecule has 0 saturated heterocycles. The first kappa shape index (κ1) is 17.7. The van der Waals surface area contributed by atoms with E-state index in [9.17, 15) is 13.2 Å². The van der Waals surface area contributed by atoms with E-state index < -0.39 is 6.36 Å². The molecule has 0 radical (unpaired) electrons. The van der Waals surface area contributed by atoms with Crippen LogP contribution < -0.4 is 9.64 Å². The molecular weight excluding hydrogens is 349 g/mol. The molecule has 0 fully saturated rings. The van der Waals surface area contributed by atoms with Gasteiger partial charge < -0.3 is 9.64 Å². The molecule has 0 aliphatic carbocycles. The molecule has 132 valence electrons. The van der Waals surface area contributed by atoms with Crippen LogP contribution in [0.1, 0.15) is 24.5 Å².